The Labute approximate surface area is 375 Å². The van der Waals surface area contributed by atoms with E-state index in [0.717, 1.165) is 118 Å². The molecule has 0 aromatic heterocycles. The van der Waals surface area contributed by atoms with Crippen LogP contribution in [0.15, 0.2) is 72.8 Å². The van der Waals surface area contributed by atoms with E-state index in [-0.39, 0.29) is 29.9 Å². The number of phenolic OH excluding ortho intramolecular Hbond substituents is 1. The molecule has 11 nitrogen and oxygen atoms in total. The van der Waals surface area contributed by atoms with E-state index in [1.165, 1.54) is 49.0 Å². The van der Waals surface area contributed by atoms with Crippen LogP contribution in [0.4, 0.5) is 0 Å². The number of carbonyl (C=O) groups is 2. The van der Waals surface area contributed by atoms with Crippen molar-refractivity contribution in [1.82, 2.24) is 9.80 Å². The Bertz CT molecular complexity index is 2230. The average molecular weight is 887 g/mol. The number of methoxy groups -OCH3 is 2. The summed E-state index contributed by atoms with van der Waals surface area (Å²) in [6.45, 7) is 13.9. The third kappa shape index (κ3) is 13.6. The highest BCUT2D eigenvalue weighted by atomic mass is 32.2. The van der Waals surface area contributed by atoms with Crippen LogP contribution < -0.4 is 4.74 Å². The van der Waals surface area contributed by atoms with Gasteiger partial charge in [-0.2, -0.15) is 8.42 Å². The zero-order valence-corrected chi connectivity index (χ0v) is 39.3. The van der Waals surface area contributed by atoms with Crippen molar-refractivity contribution in [3.05, 3.63) is 83.9 Å². The van der Waals surface area contributed by atoms with Crippen LogP contribution in [0.1, 0.15) is 90.2 Å². The van der Waals surface area contributed by atoms with Crippen molar-refractivity contribution in [2.75, 3.05) is 46.7 Å². The Kier molecular flexibility index (Phi) is 16.9. The quantitative estimate of drug-likeness (QED) is 0.108. The molecule has 1 N–H and O–H groups in total. The van der Waals surface area contributed by atoms with Gasteiger partial charge in [0.15, 0.2) is 0 Å². The van der Waals surface area contributed by atoms with Gasteiger partial charge in [0.25, 0.3) is 10.1 Å². The molecule has 0 spiro atoms. The Morgan fingerprint density at radius 1 is 0.635 bits per heavy atom. The summed E-state index contributed by atoms with van der Waals surface area (Å²) >= 11 is 0. The fourth-order valence-corrected chi connectivity index (χ4v) is 10.3. The third-order valence-corrected chi connectivity index (χ3v) is 14.2. The van der Waals surface area contributed by atoms with Gasteiger partial charge in [-0.3, -0.25) is 23.6 Å². The van der Waals surface area contributed by atoms with E-state index in [1.54, 1.807) is 6.07 Å². The number of aromatic hydroxyl groups is 1. The van der Waals surface area contributed by atoms with Crippen molar-refractivity contribution in [3.63, 3.8) is 0 Å². The molecule has 0 radical (unpaired) electrons. The summed E-state index contributed by atoms with van der Waals surface area (Å²) in [7, 11) is -0.368. The van der Waals surface area contributed by atoms with E-state index < -0.39 is 10.1 Å². The number of hydrogen-bond acceptors (Lipinski definition) is 11. The lowest BCUT2D eigenvalue weighted by atomic mass is 9.80. The van der Waals surface area contributed by atoms with Crippen LogP contribution in [0.5, 0.6) is 11.5 Å². The van der Waals surface area contributed by atoms with Gasteiger partial charge in [-0.1, -0.05) is 76.2 Å². The molecule has 0 unspecified atom stereocenters. The van der Waals surface area contributed by atoms with Gasteiger partial charge in [0.2, 0.25) is 0 Å². The summed E-state index contributed by atoms with van der Waals surface area (Å²) < 4.78 is 42.8. The molecule has 2 saturated heterocycles. The number of rotatable bonds is 12. The summed E-state index contributed by atoms with van der Waals surface area (Å²) in [6.07, 6.45) is 10.2. The summed E-state index contributed by atoms with van der Waals surface area (Å²) in [6, 6.07) is 24.6. The SMILES string of the molecule is CC(C)C1CCC(OS(C)(=O)=O)CC1.COC(=O)C1CN(Cc2ccc3c(O)cccc3c2)C1.COC(=O)C1CN(Cc2ccc3c(OC4CCC(C(C)C)CC4)cccc3c2)C1. The lowest BCUT2D eigenvalue weighted by molar-refractivity contribution is -0.152. The van der Waals surface area contributed by atoms with Crippen LogP contribution in [0, 0.1) is 35.5 Å². The van der Waals surface area contributed by atoms with Gasteiger partial charge in [-0.05, 0) is 121 Å². The maximum Gasteiger partial charge on any atom is 0.311 e. The minimum Gasteiger partial charge on any atom is -0.507 e. The summed E-state index contributed by atoms with van der Waals surface area (Å²) in [5.41, 5.74) is 2.46. The molecule has 8 rings (SSSR count). The Morgan fingerprint density at radius 3 is 1.54 bits per heavy atom. The van der Waals surface area contributed by atoms with E-state index in [0.29, 0.717) is 17.8 Å². The number of benzene rings is 4. The Hall–Kier alpha value is -4.23. The number of esters is 2. The highest BCUT2D eigenvalue weighted by Crippen LogP contribution is 2.35. The zero-order chi connectivity index (χ0) is 45.3. The monoisotopic (exact) mass is 886 g/mol. The molecular weight excluding hydrogens is 817 g/mol. The molecule has 4 aliphatic rings. The molecule has 0 atom stereocenters. The first kappa shape index (κ1) is 48.2. The van der Waals surface area contributed by atoms with Crippen LogP contribution in [0.2, 0.25) is 0 Å². The van der Waals surface area contributed by atoms with Crippen LogP contribution in [-0.2, 0) is 46.5 Å². The number of ether oxygens (including phenoxy) is 3. The highest BCUT2D eigenvalue weighted by Gasteiger charge is 2.34. The third-order valence-electron chi connectivity index (χ3n) is 13.6. The van der Waals surface area contributed by atoms with Crippen molar-refractivity contribution >= 4 is 43.6 Å². The zero-order valence-electron chi connectivity index (χ0n) is 38.5. The number of hydrogen-bond donors (Lipinski definition) is 1. The first-order valence-electron chi connectivity index (χ1n) is 23.0. The molecule has 0 amide bonds. The second-order valence-corrected chi connectivity index (χ2v) is 20.6. The summed E-state index contributed by atoms with van der Waals surface area (Å²) in [4.78, 5) is 27.4. The second-order valence-electron chi connectivity index (χ2n) is 19.0. The van der Waals surface area contributed by atoms with Gasteiger partial charge in [0.05, 0.1) is 44.5 Å². The standard InChI is InChI=1S/C25H33NO3.C16H17NO3.C10H20O3S/c1-17(2)19-8-10-22(11-9-19)29-24-6-4-5-20-13-18(7-12-23(20)24)14-26-15-21(16-26)25(27)28-3;1-20-16(19)13-9-17(10-13)8-11-5-6-14-12(7-11)3-2-4-15(14)18;1-8(2)9-4-6-10(7-5-9)13-14(3,11)12/h4-7,12-13,17,19,21-22H,8-11,14-16H2,1-3H3;2-7,13,18H,8-10H2,1H3;8-10H,4-7H2,1-3H3. The molecule has 63 heavy (non-hydrogen) atoms. The van der Waals surface area contributed by atoms with Gasteiger partial charge in [-0.25, -0.2) is 0 Å². The predicted octanol–water partition coefficient (Wildman–Crippen LogP) is 9.37. The highest BCUT2D eigenvalue weighted by molar-refractivity contribution is 7.86. The number of carbonyl (C=O) groups excluding carboxylic acids is 2. The largest absolute Gasteiger partial charge is 0.507 e. The van der Waals surface area contributed by atoms with Gasteiger partial charge in [0, 0.05) is 50.0 Å². The first-order valence-corrected chi connectivity index (χ1v) is 24.8. The molecular formula is C51H70N2O9S. The van der Waals surface area contributed by atoms with Gasteiger partial charge < -0.3 is 19.3 Å². The lowest BCUT2D eigenvalue weighted by Crippen LogP contribution is -2.49. The number of phenols is 1. The van der Waals surface area contributed by atoms with Crippen LogP contribution in [0.3, 0.4) is 0 Å². The van der Waals surface area contributed by atoms with Gasteiger partial charge in [-0.15, -0.1) is 0 Å². The fraction of sp³-hybridized carbons (Fsp3) is 0.569. The first-order chi connectivity index (χ1) is 30.1. The molecule has 2 aliphatic carbocycles. The molecule has 4 aromatic rings. The van der Waals surface area contributed by atoms with Crippen molar-refractivity contribution in [3.8, 4) is 11.5 Å². The molecule has 4 fully saturated rings. The number of fused-ring (bicyclic) bond motifs is 2. The summed E-state index contributed by atoms with van der Waals surface area (Å²) in [5.74, 6) is 4.24. The summed E-state index contributed by atoms with van der Waals surface area (Å²) in [5, 5.41) is 14.1. The molecule has 12 heteroatoms. The second kappa shape index (κ2) is 22.1. The molecule has 4 aromatic carbocycles. The Morgan fingerprint density at radius 2 is 1.08 bits per heavy atom. The molecule has 2 aliphatic heterocycles. The van der Waals surface area contributed by atoms with E-state index >= 15 is 0 Å². The average Bonchev–Trinajstić information content (AvgIpc) is 3.23. The van der Waals surface area contributed by atoms with Crippen molar-refractivity contribution in [1.29, 1.82) is 0 Å². The lowest BCUT2D eigenvalue weighted by Gasteiger charge is -2.37. The molecule has 0 bridgehead atoms. The van der Waals surface area contributed by atoms with Crippen LogP contribution in [-0.4, -0.2) is 94.1 Å². The maximum absolute atomic E-state index is 11.6. The van der Waals surface area contributed by atoms with Crippen LogP contribution in [0.25, 0.3) is 21.5 Å². The Balaban J connectivity index is 0.000000169. The number of nitrogens with zero attached hydrogens (tertiary/aromatic N) is 2. The number of likely N-dealkylation sites (tertiary alicyclic amines) is 2. The maximum atomic E-state index is 11.6. The van der Waals surface area contributed by atoms with E-state index in [1.807, 2.05) is 24.3 Å². The minimum absolute atomic E-state index is 0.0181. The molecule has 344 valence electrons. The van der Waals surface area contributed by atoms with E-state index in [2.05, 4.69) is 80.0 Å². The van der Waals surface area contributed by atoms with Gasteiger partial charge >= 0.3 is 11.9 Å². The fourth-order valence-electron chi connectivity index (χ4n) is 9.62. The van der Waals surface area contributed by atoms with Crippen LogP contribution >= 0.6 is 0 Å². The minimum atomic E-state index is -3.26. The van der Waals surface area contributed by atoms with Crippen molar-refractivity contribution in [2.45, 2.75) is 104 Å². The predicted molar refractivity (Wildman–Crippen MR) is 249 cm³/mol. The van der Waals surface area contributed by atoms with E-state index in [4.69, 9.17) is 18.4 Å². The molecule has 2 saturated carbocycles. The van der Waals surface area contributed by atoms with Crippen molar-refractivity contribution < 1.29 is 41.5 Å². The van der Waals surface area contributed by atoms with Crippen molar-refractivity contribution in [2.24, 2.45) is 35.5 Å². The van der Waals surface area contributed by atoms with E-state index in [9.17, 15) is 23.1 Å². The topological polar surface area (TPSA) is 132 Å². The molecule has 2 heterocycles. The van der Waals surface area contributed by atoms with Gasteiger partial charge in [0.1, 0.15) is 11.5 Å². The normalized spacial score (nSPS) is 22.3. The smallest absolute Gasteiger partial charge is 0.311 e.